The van der Waals surface area contributed by atoms with Crippen LogP contribution in [0.4, 0.5) is 4.39 Å². The minimum atomic E-state index is -0.533. The third kappa shape index (κ3) is 3.60. The van der Waals surface area contributed by atoms with Crippen molar-refractivity contribution in [3.05, 3.63) is 54.1 Å². The minimum absolute atomic E-state index is 0.0693. The third-order valence-electron chi connectivity index (χ3n) is 3.67. The van der Waals surface area contributed by atoms with Crippen molar-refractivity contribution in [2.75, 3.05) is 26.8 Å². The van der Waals surface area contributed by atoms with Crippen LogP contribution in [-0.4, -0.2) is 37.9 Å². The molecular formula is C17H19FN2O3. The molecule has 1 N–H and O–H groups in total. The number of ether oxygens (including phenoxy) is 3. The Hall–Kier alpha value is -2.18. The van der Waals surface area contributed by atoms with Crippen molar-refractivity contribution in [3.63, 3.8) is 0 Å². The van der Waals surface area contributed by atoms with E-state index in [2.05, 4.69) is 10.3 Å². The molecule has 0 bridgehead atoms. The van der Waals surface area contributed by atoms with Gasteiger partial charge in [0, 0.05) is 19.3 Å². The zero-order valence-electron chi connectivity index (χ0n) is 12.9. The molecule has 0 saturated carbocycles. The van der Waals surface area contributed by atoms with E-state index in [0.717, 1.165) is 6.54 Å². The molecule has 2 unspecified atom stereocenters. The number of methoxy groups -OCH3 is 1. The zero-order chi connectivity index (χ0) is 16.1. The van der Waals surface area contributed by atoms with Gasteiger partial charge in [0.1, 0.15) is 6.10 Å². The zero-order valence-corrected chi connectivity index (χ0v) is 12.9. The molecule has 1 saturated heterocycles. The first-order valence-corrected chi connectivity index (χ1v) is 7.52. The van der Waals surface area contributed by atoms with E-state index < -0.39 is 11.9 Å². The Kier molecular flexibility index (Phi) is 5.05. The second-order valence-electron chi connectivity index (χ2n) is 5.18. The average Bonchev–Trinajstić information content (AvgIpc) is 2.62. The monoisotopic (exact) mass is 318 g/mol. The number of aromatic nitrogens is 1. The highest BCUT2D eigenvalue weighted by Gasteiger charge is 2.30. The number of hydrogen-bond donors (Lipinski definition) is 1. The van der Waals surface area contributed by atoms with Gasteiger partial charge in [-0.05, 0) is 24.3 Å². The summed E-state index contributed by atoms with van der Waals surface area (Å²) in [6, 6.07) is 10.1. The van der Waals surface area contributed by atoms with Crippen molar-refractivity contribution in [2.24, 2.45) is 0 Å². The van der Waals surface area contributed by atoms with Gasteiger partial charge in [-0.15, -0.1) is 0 Å². The minimum Gasteiger partial charge on any atom is -0.493 e. The summed E-state index contributed by atoms with van der Waals surface area (Å²) in [7, 11) is 1.48. The van der Waals surface area contributed by atoms with Crippen molar-refractivity contribution in [2.45, 2.75) is 12.2 Å². The van der Waals surface area contributed by atoms with Crippen LogP contribution in [0.25, 0.3) is 0 Å². The van der Waals surface area contributed by atoms with Crippen LogP contribution >= 0.6 is 0 Å². The van der Waals surface area contributed by atoms with Crippen LogP contribution in [0.3, 0.4) is 0 Å². The molecule has 5 nitrogen and oxygen atoms in total. The maximum Gasteiger partial charge on any atom is 0.197 e. The van der Waals surface area contributed by atoms with Crippen LogP contribution in [0.1, 0.15) is 11.8 Å². The Morgan fingerprint density at radius 3 is 2.91 bits per heavy atom. The molecule has 1 aromatic carbocycles. The van der Waals surface area contributed by atoms with Gasteiger partial charge in [0.05, 0.1) is 19.4 Å². The summed E-state index contributed by atoms with van der Waals surface area (Å²) in [6.07, 6.45) is 0.887. The third-order valence-corrected chi connectivity index (χ3v) is 3.67. The smallest absolute Gasteiger partial charge is 0.197 e. The molecule has 122 valence electrons. The molecule has 2 heterocycles. The normalized spacial score (nSPS) is 19.1. The van der Waals surface area contributed by atoms with Crippen LogP contribution in [0.15, 0.2) is 42.6 Å². The molecule has 1 aliphatic heterocycles. The number of rotatable bonds is 5. The van der Waals surface area contributed by atoms with E-state index in [1.165, 1.54) is 13.2 Å². The Morgan fingerprint density at radius 2 is 2.22 bits per heavy atom. The highest BCUT2D eigenvalue weighted by atomic mass is 19.1. The number of hydrogen-bond acceptors (Lipinski definition) is 5. The van der Waals surface area contributed by atoms with Crippen LogP contribution in [0.2, 0.25) is 0 Å². The molecule has 3 rings (SSSR count). The van der Waals surface area contributed by atoms with E-state index in [4.69, 9.17) is 14.2 Å². The maximum atomic E-state index is 14.2. The van der Waals surface area contributed by atoms with Gasteiger partial charge in [-0.2, -0.15) is 0 Å². The van der Waals surface area contributed by atoms with Gasteiger partial charge in [-0.3, -0.25) is 4.98 Å². The van der Waals surface area contributed by atoms with Gasteiger partial charge in [-0.1, -0.05) is 12.1 Å². The molecule has 0 radical (unpaired) electrons. The summed E-state index contributed by atoms with van der Waals surface area (Å²) in [6.45, 7) is 1.97. The standard InChI is InChI=1S/C17H19FN2O3/c1-21-14-7-4-5-12(18)16(14)23-17(13-6-2-3-8-20-13)15-11-19-9-10-22-15/h2-8,15,17,19H,9-11H2,1H3. The first-order valence-electron chi connectivity index (χ1n) is 7.52. The summed E-state index contributed by atoms with van der Waals surface area (Å²) in [4.78, 5) is 4.34. The fourth-order valence-corrected chi connectivity index (χ4v) is 2.54. The number of pyridine rings is 1. The van der Waals surface area contributed by atoms with E-state index in [1.807, 2.05) is 18.2 Å². The first kappa shape index (κ1) is 15.7. The summed E-state index contributed by atoms with van der Waals surface area (Å²) >= 11 is 0. The Balaban J connectivity index is 1.93. The number of para-hydroxylation sites is 1. The van der Waals surface area contributed by atoms with Gasteiger partial charge in [0.2, 0.25) is 0 Å². The second-order valence-corrected chi connectivity index (χ2v) is 5.18. The SMILES string of the molecule is COc1cccc(F)c1OC(c1ccccn1)C1CNCCO1. The molecule has 1 aliphatic rings. The summed E-state index contributed by atoms with van der Waals surface area (Å²) in [5.41, 5.74) is 0.687. The lowest BCUT2D eigenvalue weighted by molar-refractivity contribution is -0.0463. The molecule has 0 spiro atoms. The summed E-state index contributed by atoms with van der Waals surface area (Å²) in [5.74, 6) is -0.0661. The molecule has 2 aromatic rings. The van der Waals surface area contributed by atoms with E-state index in [-0.39, 0.29) is 11.9 Å². The van der Waals surface area contributed by atoms with Gasteiger partial charge in [-0.25, -0.2) is 4.39 Å². The average molecular weight is 318 g/mol. The lowest BCUT2D eigenvalue weighted by Gasteiger charge is -2.31. The van der Waals surface area contributed by atoms with Crippen LogP contribution in [-0.2, 0) is 4.74 Å². The molecule has 0 aliphatic carbocycles. The predicted octanol–water partition coefficient (Wildman–Crippen LogP) is 2.34. The van der Waals surface area contributed by atoms with Crippen molar-refractivity contribution in [1.82, 2.24) is 10.3 Å². The lowest BCUT2D eigenvalue weighted by atomic mass is 10.1. The second kappa shape index (κ2) is 7.39. The van der Waals surface area contributed by atoms with Gasteiger partial charge < -0.3 is 19.5 Å². The van der Waals surface area contributed by atoms with E-state index >= 15 is 0 Å². The molecular weight excluding hydrogens is 299 g/mol. The Labute approximate surface area is 134 Å². The first-order chi connectivity index (χ1) is 11.3. The molecule has 23 heavy (non-hydrogen) atoms. The summed E-state index contributed by atoms with van der Waals surface area (Å²) in [5, 5.41) is 3.26. The molecule has 6 heteroatoms. The maximum absolute atomic E-state index is 14.2. The lowest BCUT2D eigenvalue weighted by Crippen LogP contribution is -2.43. The topological polar surface area (TPSA) is 52.6 Å². The van der Waals surface area contributed by atoms with Crippen molar-refractivity contribution in [1.29, 1.82) is 0 Å². The van der Waals surface area contributed by atoms with Crippen LogP contribution in [0, 0.1) is 5.82 Å². The number of nitrogens with zero attached hydrogens (tertiary/aromatic N) is 1. The number of benzene rings is 1. The Bertz CT molecular complexity index is 633. The fraction of sp³-hybridized carbons (Fsp3) is 0.353. The largest absolute Gasteiger partial charge is 0.493 e. The van der Waals surface area contributed by atoms with Gasteiger partial charge in [0.15, 0.2) is 23.4 Å². The van der Waals surface area contributed by atoms with Gasteiger partial charge >= 0.3 is 0 Å². The van der Waals surface area contributed by atoms with Crippen molar-refractivity contribution >= 4 is 0 Å². The molecule has 0 amide bonds. The van der Waals surface area contributed by atoms with Crippen LogP contribution < -0.4 is 14.8 Å². The quantitative estimate of drug-likeness (QED) is 0.917. The van der Waals surface area contributed by atoms with Crippen molar-refractivity contribution < 1.29 is 18.6 Å². The number of halogens is 1. The van der Waals surface area contributed by atoms with Crippen molar-refractivity contribution in [3.8, 4) is 11.5 Å². The van der Waals surface area contributed by atoms with E-state index in [9.17, 15) is 4.39 Å². The van der Waals surface area contributed by atoms with Gasteiger partial charge in [0.25, 0.3) is 0 Å². The van der Waals surface area contributed by atoms with E-state index in [0.29, 0.717) is 24.6 Å². The number of nitrogens with one attached hydrogen (secondary N) is 1. The Morgan fingerprint density at radius 1 is 1.30 bits per heavy atom. The fourth-order valence-electron chi connectivity index (χ4n) is 2.54. The predicted molar refractivity (Wildman–Crippen MR) is 83.2 cm³/mol. The van der Waals surface area contributed by atoms with Crippen LogP contribution in [0.5, 0.6) is 11.5 Å². The highest BCUT2D eigenvalue weighted by molar-refractivity contribution is 5.41. The summed E-state index contributed by atoms with van der Waals surface area (Å²) < 4.78 is 31.2. The molecule has 1 aromatic heterocycles. The van der Waals surface area contributed by atoms with E-state index in [1.54, 1.807) is 18.3 Å². The number of morpholine rings is 1. The molecule has 2 atom stereocenters. The molecule has 1 fully saturated rings. The highest BCUT2D eigenvalue weighted by Crippen LogP contribution is 2.35.